The van der Waals surface area contributed by atoms with E-state index in [1.165, 1.54) is 12.3 Å². The van der Waals surface area contributed by atoms with Gasteiger partial charge >= 0.3 is 0 Å². The van der Waals surface area contributed by atoms with Crippen molar-refractivity contribution >= 4 is 12.0 Å². The molecule has 1 heterocycles. The summed E-state index contributed by atoms with van der Waals surface area (Å²) < 4.78 is 27.9. The van der Waals surface area contributed by atoms with Crippen molar-refractivity contribution in [2.45, 2.75) is 20.4 Å². The molecule has 8 heteroatoms. The molecule has 0 fully saturated rings. The van der Waals surface area contributed by atoms with Crippen LogP contribution in [0.3, 0.4) is 0 Å². The number of ether oxygens (including phenoxy) is 4. The predicted molar refractivity (Wildman–Crippen MR) is 135 cm³/mol. The van der Waals surface area contributed by atoms with Crippen LogP contribution in [-0.2, 0) is 16.1 Å². The Balaban J connectivity index is 1.48. The van der Waals surface area contributed by atoms with Crippen LogP contribution in [-0.4, -0.2) is 38.9 Å². The summed E-state index contributed by atoms with van der Waals surface area (Å²) in [5.41, 5.74) is 1.75. The quantitative estimate of drug-likeness (QED) is 0.199. The number of benzene rings is 2. The summed E-state index contributed by atoms with van der Waals surface area (Å²) in [6, 6.07) is 18.5. The third-order valence-electron chi connectivity index (χ3n) is 4.92. The van der Waals surface area contributed by atoms with Crippen molar-refractivity contribution in [3.05, 3.63) is 83.3 Å². The molecule has 3 aromatic rings. The van der Waals surface area contributed by atoms with Crippen LogP contribution in [0.4, 0.5) is 0 Å². The summed E-state index contributed by atoms with van der Waals surface area (Å²) in [5, 5.41) is 12.1. The van der Waals surface area contributed by atoms with Gasteiger partial charge in [0.25, 0.3) is 5.91 Å². The molecule has 1 N–H and O–H groups in total. The van der Waals surface area contributed by atoms with Gasteiger partial charge in [-0.2, -0.15) is 5.26 Å². The summed E-state index contributed by atoms with van der Waals surface area (Å²) in [4.78, 5) is 12.4. The minimum atomic E-state index is -0.490. The zero-order chi connectivity index (χ0) is 25.6. The molecule has 0 radical (unpaired) electrons. The Hall–Kier alpha value is -4.22. The lowest BCUT2D eigenvalue weighted by atomic mass is 10.1. The van der Waals surface area contributed by atoms with Gasteiger partial charge in [-0.1, -0.05) is 18.2 Å². The molecule has 0 bridgehead atoms. The summed E-state index contributed by atoms with van der Waals surface area (Å²) >= 11 is 0. The number of furan rings is 1. The van der Waals surface area contributed by atoms with E-state index >= 15 is 0 Å². The minimum Gasteiger partial charge on any atom is -0.491 e. The standard InChI is InChI=1S/C28H30N2O6/c1-3-33-27-18-22(17-23(19-29)28(31)30-20-25-8-5-11-34-25)9-10-26(27)36-15-13-32-12-14-35-24-7-4-6-21(2)16-24/h4-11,16-18H,3,12-15,20H2,1-2H3,(H,30,31)/b23-17+. The Morgan fingerprint density at radius 2 is 1.83 bits per heavy atom. The van der Waals surface area contributed by atoms with Crippen molar-refractivity contribution in [3.8, 4) is 23.3 Å². The topological polar surface area (TPSA) is 103 Å². The highest BCUT2D eigenvalue weighted by molar-refractivity contribution is 6.01. The van der Waals surface area contributed by atoms with E-state index in [9.17, 15) is 10.1 Å². The third kappa shape index (κ3) is 8.53. The smallest absolute Gasteiger partial charge is 0.262 e. The first-order chi connectivity index (χ1) is 17.6. The van der Waals surface area contributed by atoms with Crippen molar-refractivity contribution in [1.82, 2.24) is 5.32 Å². The van der Waals surface area contributed by atoms with Gasteiger partial charge in [-0.3, -0.25) is 4.79 Å². The molecule has 1 aromatic heterocycles. The lowest BCUT2D eigenvalue weighted by molar-refractivity contribution is -0.117. The Kier molecular flexibility index (Phi) is 10.4. The first-order valence-corrected chi connectivity index (χ1v) is 11.7. The molecule has 36 heavy (non-hydrogen) atoms. The summed E-state index contributed by atoms with van der Waals surface area (Å²) in [7, 11) is 0. The van der Waals surface area contributed by atoms with Crippen molar-refractivity contribution < 1.29 is 28.2 Å². The Labute approximate surface area is 211 Å². The van der Waals surface area contributed by atoms with Gasteiger partial charge in [0.2, 0.25) is 0 Å². The number of carbonyl (C=O) groups excluding carboxylic acids is 1. The van der Waals surface area contributed by atoms with Gasteiger partial charge in [0.05, 0.1) is 32.6 Å². The first kappa shape index (κ1) is 26.4. The fraction of sp³-hybridized carbons (Fsp3) is 0.286. The summed E-state index contributed by atoms with van der Waals surface area (Å²) in [5.74, 6) is 2.00. The third-order valence-corrected chi connectivity index (χ3v) is 4.92. The van der Waals surface area contributed by atoms with Crippen LogP contribution in [0.5, 0.6) is 17.2 Å². The Morgan fingerprint density at radius 3 is 2.56 bits per heavy atom. The molecule has 0 aliphatic rings. The van der Waals surface area contributed by atoms with Crippen molar-refractivity contribution in [2.24, 2.45) is 0 Å². The zero-order valence-electron chi connectivity index (χ0n) is 20.5. The van der Waals surface area contributed by atoms with E-state index in [0.29, 0.717) is 55.9 Å². The van der Waals surface area contributed by atoms with E-state index in [4.69, 9.17) is 23.4 Å². The maximum atomic E-state index is 12.4. The molecule has 0 saturated heterocycles. The molecule has 3 rings (SSSR count). The van der Waals surface area contributed by atoms with E-state index in [-0.39, 0.29) is 12.1 Å². The number of hydrogen-bond donors (Lipinski definition) is 1. The fourth-order valence-electron chi connectivity index (χ4n) is 3.23. The highest BCUT2D eigenvalue weighted by Gasteiger charge is 2.11. The van der Waals surface area contributed by atoms with Gasteiger partial charge in [0, 0.05) is 0 Å². The van der Waals surface area contributed by atoms with Crippen LogP contribution >= 0.6 is 0 Å². The highest BCUT2D eigenvalue weighted by Crippen LogP contribution is 2.29. The minimum absolute atomic E-state index is 0.0287. The monoisotopic (exact) mass is 490 g/mol. The van der Waals surface area contributed by atoms with Gasteiger partial charge < -0.3 is 28.7 Å². The van der Waals surface area contributed by atoms with Crippen LogP contribution in [0.25, 0.3) is 6.08 Å². The van der Waals surface area contributed by atoms with Gasteiger partial charge in [-0.15, -0.1) is 0 Å². The highest BCUT2D eigenvalue weighted by atomic mass is 16.6. The van der Waals surface area contributed by atoms with Crippen molar-refractivity contribution in [2.75, 3.05) is 33.0 Å². The molecule has 0 unspecified atom stereocenters. The van der Waals surface area contributed by atoms with Crippen LogP contribution in [0.15, 0.2) is 70.9 Å². The number of aryl methyl sites for hydroxylation is 1. The molecular weight excluding hydrogens is 460 g/mol. The van der Waals surface area contributed by atoms with Gasteiger partial charge in [0.15, 0.2) is 11.5 Å². The molecule has 0 saturated carbocycles. The molecular formula is C28H30N2O6. The predicted octanol–water partition coefficient (Wildman–Crippen LogP) is 4.68. The summed E-state index contributed by atoms with van der Waals surface area (Å²) in [6.45, 7) is 6.13. The van der Waals surface area contributed by atoms with E-state index < -0.39 is 5.91 Å². The van der Waals surface area contributed by atoms with Crippen molar-refractivity contribution in [1.29, 1.82) is 5.26 Å². The number of amides is 1. The van der Waals surface area contributed by atoms with E-state index in [0.717, 1.165) is 11.3 Å². The normalized spacial score (nSPS) is 11.0. The number of nitriles is 1. The lowest BCUT2D eigenvalue weighted by Crippen LogP contribution is -2.23. The van der Waals surface area contributed by atoms with Gasteiger partial charge in [-0.05, 0) is 67.4 Å². The fourth-order valence-corrected chi connectivity index (χ4v) is 3.23. The number of nitrogens with one attached hydrogen (secondary N) is 1. The van der Waals surface area contributed by atoms with Gasteiger partial charge in [0.1, 0.15) is 36.4 Å². The Bertz CT molecular complexity index is 1180. The van der Waals surface area contributed by atoms with Crippen LogP contribution in [0, 0.1) is 18.3 Å². The number of hydrogen-bond acceptors (Lipinski definition) is 7. The zero-order valence-corrected chi connectivity index (χ0v) is 20.5. The second-order valence-corrected chi connectivity index (χ2v) is 7.70. The second kappa shape index (κ2) is 14.2. The maximum Gasteiger partial charge on any atom is 0.262 e. The molecule has 0 spiro atoms. The Morgan fingerprint density at radius 1 is 1.00 bits per heavy atom. The average molecular weight is 491 g/mol. The number of nitrogens with zero attached hydrogens (tertiary/aromatic N) is 1. The van der Waals surface area contributed by atoms with Crippen LogP contribution in [0.1, 0.15) is 23.8 Å². The average Bonchev–Trinajstić information content (AvgIpc) is 3.40. The summed E-state index contributed by atoms with van der Waals surface area (Å²) in [6.07, 6.45) is 3.02. The molecule has 0 atom stereocenters. The molecule has 2 aromatic carbocycles. The van der Waals surface area contributed by atoms with Gasteiger partial charge in [-0.25, -0.2) is 0 Å². The van der Waals surface area contributed by atoms with Crippen molar-refractivity contribution in [3.63, 3.8) is 0 Å². The number of rotatable bonds is 14. The second-order valence-electron chi connectivity index (χ2n) is 7.70. The lowest BCUT2D eigenvalue weighted by Gasteiger charge is -2.13. The first-order valence-electron chi connectivity index (χ1n) is 11.7. The molecule has 8 nitrogen and oxygen atoms in total. The van der Waals surface area contributed by atoms with E-state index in [1.54, 1.807) is 30.3 Å². The molecule has 1 amide bonds. The molecule has 188 valence electrons. The maximum absolute atomic E-state index is 12.4. The van der Waals surface area contributed by atoms with E-state index in [1.807, 2.05) is 44.2 Å². The van der Waals surface area contributed by atoms with Crippen LogP contribution in [0.2, 0.25) is 0 Å². The molecule has 0 aliphatic heterocycles. The van der Waals surface area contributed by atoms with E-state index in [2.05, 4.69) is 5.32 Å². The largest absolute Gasteiger partial charge is 0.491 e. The van der Waals surface area contributed by atoms with Crippen LogP contribution < -0.4 is 19.5 Å². The SMILES string of the molecule is CCOc1cc(/C=C(\C#N)C(=O)NCc2ccco2)ccc1OCCOCCOc1cccc(C)c1. The number of carbonyl (C=O) groups is 1. The molecule has 0 aliphatic carbocycles.